The van der Waals surface area contributed by atoms with Crippen molar-refractivity contribution < 1.29 is 4.79 Å². The highest BCUT2D eigenvalue weighted by Crippen LogP contribution is 2.37. The van der Waals surface area contributed by atoms with Crippen molar-refractivity contribution in [2.45, 2.75) is 26.3 Å². The summed E-state index contributed by atoms with van der Waals surface area (Å²) in [6.07, 6.45) is 0. The molecule has 2 aromatic carbocycles. The number of carbonyl (C=O) groups excluding carboxylic acids is 1. The molecule has 0 N–H and O–H groups in total. The first kappa shape index (κ1) is 18.4. The summed E-state index contributed by atoms with van der Waals surface area (Å²) in [6, 6.07) is 21.4. The maximum Gasteiger partial charge on any atom is 0.252 e. The predicted octanol–water partition coefficient (Wildman–Crippen LogP) is 3.78. The summed E-state index contributed by atoms with van der Waals surface area (Å²) >= 11 is 0. The van der Waals surface area contributed by atoms with Crippen molar-refractivity contribution in [1.82, 2.24) is 5.01 Å². The summed E-state index contributed by atoms with van der Waals surface area (Å²) in [7, 11) is 0. The van der Waals surface area contributed by atoms with Crippen LogP contribution in [0.5, 0.6) is 0 Å². The first-order valence-corrected chi connectivity index (χ1v) is 8.81. The molecule has 134 valence electrons. The number of nitrogens with zero attached hydrogens (tertiary/aromatic N) is 4. The highest BCUT2D eigenvalue weighted by atomic mass is 16.2. The van der Waals surface area contributed by atoms with E-state index in [4.69, 9.17) is 0 Å². The Bertz CT molecular complexity index is 921. The van der Waals surface area contributed by atoms with Crippen LogP contribution < -0.4 is 0 Å². The standard InChI is InChI=1S/C22H20N4O/c1-15-8-10-18(11-9-15)21(19(12-23)13-24)20-16(2)25-26(22(20)27)14-17-6-4-3-5-7-17/h3-11,19-21H,14H2,1-2H3. The third kappa shape index (κ3) is 3.73. The van der Waals surface area contributed by atoms with Gasteiger partial charge in [0.2, 0.25) is 0 Å². The van der Waals surface area contributed by atoms with Crippen molar-refractivity contribution in [3.8, 4) is 12.1 Å². The van der Waals surface area contributed by atoms with E-state index in [1.54, 1.807) is 6.92 Å². The normalized spacial score (nSPS) is 17.4. The number of hydrogen-bond donors (Lipinski definition) is 0. The van der Waals surface area contributed by atoms with E-state index in [-0.39, 0.29) is 5.91 Å². The number of amides is 1. The zero-order valence-corrected chi connectivity index (χ0v) is 15.3. The van der Waals surface area contributed by atoms with Gasteiger partial charge in [-0.2, -0.15) is 15.6 Å². The van der Waals surface area contributed by atoms with Crippen LogP contribution in [0.1, 0.15) is 29.5 Å². The molecule has 1 heterocycles. The molecule has 1 aliphatic heterocycles. The van der Waals surface area contributed by atoms with Gasteiger partial charge in [0.15, 0.2) is 0 Å². The fourth-order valence-electron chi connectivity index (χ4n) is 3.48. The summed E-state index contributed by atoms with van der Waals surface area (Å²) in [5.74, 6) is -2.25. The van der Waals surface area contributed by atoms with Gasteiger partial charge in [-0.25, -0.2) is 5.01 Å². The second-order valence-corrected chi connectivity index (χ2v) is 6.77. The van der Waals surface area contributed by atoms with E-state index in [2.05, 4.69) is 17.2 Å². The van der Waals surface area contributed by atoms with E-state index in [1.165, 1.54) is 5.01 Å². The van der Waals surface area contributed by atoms with Gasteiger partial charge in [-0.3, -0.25) is 4.79 Å². The molecule has 0 aromatic heterocycles. The molecule has 0 spiro atoms. The van der Waals surface area contributed by atoms with Crippen LogP contribution in [0, 0.1) is 41.4 Å². The summed E-state index contributed by atoms with van der Waals surface area (Å²) in [5, 5.41) is 24.9. The zero-order chi connectivity index (χ0) is 19.4. The molecule has 0 aliphatic carbocycles. The van der Waals surface area contributed by atoms with Gasteiger partial charge in [0.1, 0.15) is 5.92 Å². The molecule has 0 fully saturated rings. The molecule has 27 heavy (non-hydrogen) atoms. The Labute approximate surface area is 159 Å². The Morgan fingerprint density at radius 3 is 2.26 bits per heavy atom. The lowest BCUT2D eigenvalue weighted by molar-refractivity contribution is -0.133. The Kier molecular flexibility index (Phi) is 5.33. The molecule has 3 rings (SSSR count). The molecule has 1 aliphatic rings. The molecule has 2 unspecified atom stereocenters. The smallest absolute Gasteiger partial charge is 0.252 e. The van der Waals surface area contributed by atoms with E-state index in [1.807, 2.05) is 61.5 Å². The van der Waals surface area contributed by atoms with Crippen LogP contribution in [0.15, 0.2) is 59.7 Å². The number of hydrazone groups is 1. The Morgan fingerprint density at radius 2 is 1.67 bits per heavy atom. The van der Waals surface area contributed by atoms with E-state index >= 15 is 0 Å². The van der Waals surface area contributed by atoms with Crippen LogP contribution in [0.25, 0.3) is 0 Å². The molecule has 0 radical (unpaired) electrons. The van der Waals surface area contributed by atoms with Gasteiger partial charge in [-0.1, -0.05) is 60.2 Å². The maximum atomic E-state index is 13.1. The third-order valence-electron chi connectivity index (χ3n) is 4.88. The highest BCUT2D eigenvalue weighted by molar-refractivity contribution is 6.07. The van der Waals surface area contributed by atoms with Gasteiger partial charge in [0, 0.05) is 11.6 Å². The van der Waals surface area contributed by atoms with Crippen molar-refractivity contribution in [3.63, 3.8) is 0 Å². The average molecular weight is 356 g/mol. The quantitative estimate of drug-likeness (QED) is 0.818. The lowest BCUT2D eigenvalue weighted by Crippen LogP contribution is -2.34. The Hall–Kier alpha value is -3.44. The van der Waals surface area contributed by atoms with Gasteiger partial charge in [-0.05, 0) is 25.0 Å². The second kappa shape index (κ2) is 7.85. The molecule has 0 bridgehead atoms. The molecule has 0 saturated carbocycles. The van der Waals surface area contributed by atoms with Crippen molar-refractivity contribution in [2.24, 2.45) is 16.9 Å². The van der Waals surface area contributed by atoms with Gasteiger partial charge in [-0.15, -0.1) is 0 Å². The molecule has 0 saturated heterocycles. The first-order valence-electron chi connectivity index (χ1n) is 8.81. The fraction of sp³-hybridized carbons (Fsp3) is 0.273. The van der Waals surface area contributed by atoms with E-state index in [9.17, 15) is 15.3 Å². The second-order valence-electron chi connectivity index (χ2n) is 6.77. The Morgan fingerprint density at radius 1 is 1.04 bits per heavy atom. The molecule has 5 nitrogen and oxygen atoms in total. The van der Waals surface area contributed by atoms with Gasteiger partial charge < -0.3 is 0 Å². The monoisotopic (exact) mass is 356 g/mol. The summed E-state index contributed by atoms with van der Waals surface area (Å²) < 4.78 is 0. The summed E-state index contributed by atoms with van der Waals surface area (Å²) in [6.45, 7) is 4.14. The van der Waals surface area contributed by atoms with Crippen molar-refractivity contribution >= 4 is 11.6 Å². The number of nitriles is 2. The zero-order valence-electron chi connectivity index (χ0n) is 15.3. The van der Waals surface area contributed by atoms with E-state index in [0.717, 1.165) is 16.7 Å². The third-order valence-corrected chi connectivity index (χ3v) is 4.88. The fourth-order valence-corrected chi connectivity index (χ4v) is 3.48. The van der Waals surface area contributed by atoms with Gasteiger partial charge in [0.05, 0.1) is 24.6 Å². The minimum atomic E-state index is -0.927. The average Bonchev–Trinajstić information content (AvgIpc) is 2.95. The van der Waals surface area contributed by atoms with Crippen molar-refractivity contribution in [1.29, 1.82) is 10.5 Å². The number of aryl methyl sites for hydroxylation is 1. The van der Waals surface area contributed by atoms with Crippen LogP contribution >= 0.6 is 0 Å². The highest BCUT2D eigenvalue weighted by Gasteiger charge is 2.43. The van der Waals surface area contributed by atoms with Gasteiger partial charge in [0.25, 0.3) is 5.91 Å². The van der Waals surface area contributed by atoms with Gasteiger partial charge >= 0.3 is 0 Å². The summed E-state index contributed by atoms with van der Waals surface area (Å²) in [5.41, 5.74) is 3.50. The minimum absolute atomic E-state index is 0.169. The van der Waals surface area contributed by atoms with Crippen LogP contribution in [-0.4, -0.2) is 16.6 Å². The maximum absolute atomic E-state index is 13.1. The van der Waals surface area contributed by atoms with Crippen LogP contribution in [-0.2, 0) is 11.3 Å². The topological polar surface area (TPSA) is 80.2 Å². The molecule has 5 heteroatoms. The van der Waals surface area contributed by atoms with E-state index in [0.29, 0.717) is 12.3 Å². The van der Waals surface area contributed by atoms with Crippen LogP contribution in [0.4, 0.5) is 0 Å². The molecular weight excluding hydrogens is 336 g/mol. The SMILES string of the molecule is CC1=NN(Cc2ccccc2)C(=O)C1C(c1ccc(C)cc1)C(C#N)C#N. The Balaban J connectivity index is 1.94. The first-order chi connectivity index (χ1) is 13.0. The van der Waals surface area contributed by atoms with Crippen LogP contribution in [0.3, 0.4) is 0 Å². The van der Waals surface area contributed by atoms with E-state index < -0.39 is 17.8 Å². The molecule has 1 amide bonds. The van der Waals surface area contributed by atoms with Crippen molar-refractivity contribution in [2.75, 3.05) is 0 Å². The largest absolute Gasteiger partial charge is 0.272 e. The molecular formula is C22H20N4O. The number of carbonyl (C=O) groups is 1. The number of rotatable bonds is 5. The molecule has 2 atom stereocenters. The predicted molar refractivity (Wildman–Crippen MR) is 102 cm³/mol. The lowest BCUT2D eigenvalue weighted by atomic mass is 9.75. The number of hydrogen-bond acceptors (Lipinski definition) is 4. The number of benzene rings is 2. The summed E-state index contributed by atoms with van der Waals surface area (Å²) in [4.78, 5) is 13.1. The van der Waals surface area contributed by atoms with Crippen molar-refractivity contribution in [3.05, 3.63) is 71.3 Å². The lowest BCUT2D eigenvalue weighted by Gasteiger charge is -2.24. The minimum Gasteiger partial charge on any atom is -0.272 e. The molecule has 2 aromatic rings. The van der Waals surface area contributed by atoms with Crippen LogP contribution in [0.2, 0.25) is 0 Å².